The summed E-state index contributed by atoms with van der Waals surface area (Å²) in [6.45, 7) is 0. The first kappa shape index (κ1) is 14.6. The second-order valence-corrected chi connectivity index (χ2v) is 6.24. The lowest BCUT2D eigenvalue weighted by atomic mass is 10.1. The van der Waals surface area contributed by atoms with Crippen molar-refractivity contribution in [3.8, 4) is 0 Å². The molecule has 1 heterocycles. The summed E-state index contributed by atoms with van der Waals surface area (Å²) in [4.78, 5) is 15.4. The number of carbonyl (C=O) groups excluding carboxylic acids is 1. The van der Waals surface area contributed by atoms with Crippen molar-refractivity contribution < 1.29 is 14.3 Å². The summed E-state index contributed by atoms with van der Waals surface area (Å²) < 4.78 is 11.9. The number of aromatic amines is 1. The monoisotopic (exact) mass is 351 g/mol. The van der Waals surface area contributed by atoms with E-state index in [-0.39, 0.29) is 24.6 Å². The van der Waals surface area contributed by atoms with Crippen molar-refractivity contribution in [2.24, 2.45) is 0 Å². The Kier molecular flexibility index (Phi) is 4.31. The zero-order valence-corrected chi connectivity index (χ0v) is 13.5. The van der Waals surface area contributed by atoms with Crippen LogP contribution in [0.5, 0.6) is 0 Å². The average molecular weight is 352 g/mol. The first-order valence-corrected chi connectivity index (χ1v) is 7.95. The number of esters is 1. The van der Waals surface area contributed by atoms with Crippen LogP contribution in [0.15, 0.2) is 28.9 Å². The number of hydrogen-bond donors (Lipinski definition) is 1. The lowest BCUT2D eigenvalue weighted by molar-refractivity contribution is -0.153. The minimum Gasteiger partial charge on any atom is -0.459 e. The van der Waals surface area contributed by atoms with Gasteiger partial charge in [-0.25, -0.2) is 0 Å². The highest BCUT2D eigenvalue weighted by Crippen LogP contribution is 2.28. The largest absolute Gasteiger partial charge is 0.459 e. The van der Waals surface area contributed by atoms with Gasteiger partial charge in [0.2, 0.25) is 0 Å². The molecule has 2 aromatic rings. The Morgan fingerprint density at radius 3 is 3.00 bits per heavy atom. The molecule has 1 aliphatic rings. The number of aromatic nitrogens is 1. The van der Waals surface area contributed by atoms with Gasteiger partial charge in [0, 0.05) is 28.7 Å². The summed E-state index contributed by atoms with van der Waals surface area (Å²) in [5.41, 5.74) is 1.97. The molecule has 0 radical (unpaired) electrons. The van der Waals surface area contributed by atoms with E-state index in [1.54, 1.807) is 7.11 Å². The Morgan fingerprint density at radius 2 is 2.19 bits per heavy atom. The van der Waals surface area contributed by atoms with Gasteiger partial charge in [0.25, 0.3) is 0 Å². The highest BCUT2D eigenvalue weighted by molar-refractivity contribution is 9.10. The third kappa shape index (κ3) is 2.99. The zero-order chi connectivity index (χ0) is 14.8. The van der Waals surface area contributed by atoms with Crippen molar-refractivity contribution in [1.82, 2.24) is 4.98 Å². The van der Waals surface area contributed by atoms with E-state index in [1.165, 1.54) is 0 Å². The van der Waals surface area contributed by atoms with Crippen molar-refractivity contribution >= 4 is 32.8 Å². The first-order valence-electron chi connectivity index (χ1n) is 7.16. The van der Waals surface area contributed by atoms with E-state index >= 15 is 0 Å². The van der Waals surface area contributed by atoms with Gasteiger partial charge in [-0.3, -0.25) is 4.79 Å². The van der Waals surface area contributed by atoms with Crippen molar-refractivity contribution in [2.75, 3.05) is 7.11 Å². The number of halogens is 1. The molecule has 1 aromatic carbocycles. The molecular weight excluding hydrogens is 334 g/mol. The summed E-state index contributed by atoms with van der Waals surface area (Å²) in [5.74, 6) is -0.194. The van der Waals surface area contributed by atoms with Crippen LogP contribution < -0.4 is 0 Å². The van der Waals surface area contributed by atoms with E-state index in [0.29, 0.717) is 0 Å². The van der Waals surface area contributed by atoms with E-state index in [4.69, 9.17) is 9.47 Å². The van der Waals surface area contributed by atoms with E-state index in [1.807, 2.05) is 24.4 Å². The molecule has 4 nitrogen and oxygen atoms in total. The van der Waals surface area contributed by atoms with Gasteiger partial charge in [-0.05, 0) is 37.0 Å². The number of hydrogen-bond acceptors (Lipinski definition) is 3. The quantitative estimate of drug-likeness (QED) is 0.856. The molecular formula is C16H18BrNO3. The maximum atomic E-state index is 12.2. The molecule has 0 spiro atoms. The molecule has 0 amide bonds. The molecule has 0 bridgehead atoms. The standard InChI is InChI=1S/C16H18BrNO3/c1-20-13-6-3-7-14(13)21-15(19)8-10-9-18-12-5-2-4-11(17)16(10)12/h2,4-5,9,13-14,18H,3,6-8H2,1H3/t13-,14-/m1/s1. The van der Waals surface area contributed by atoms with Crippen LogP contribution in [0.1, 0.15) is 24.8 Å². The van der Waals surface area contributed by atoms with Crippen LogP contribution in [-0.2, 0) is 20.7 Å². The van der Waals surface area contributed by atoms with Crippen LogP contribution >= 0.6 is 15.9 Å². The summed E-state index contributed by atoms with van der Waals surface area (Å²) in [7, 11) is 1.67. The smallest absolute Gasteiger partial charge is 0.310 e. The molecule has 1 N–H and O–H groups in total. The van der Waals surface area contributed by atoms with Gasteiger partial charge in [-0.1, -0.05) is 22.0 Å². The molecule has 2 atom stereocenters. The molecule has 21 heavy (non-hydrogen) atoms. The number of rotatable bonds is 4. The maximum absolute atomic E-state index is 12.2. The van der Waals surface area contributed by atoms with Crippen molar-refractivity contribution in [3.63, 3.8) is 0 Å². The molecule has 1 fully saturated rings. The fraction of sp³-hybridized carbons (Fsp3) is 0.438. The van der Waals surface area contributed by atoms with Gasteiger partial charge in [-0.15, -0.1) is 0 Å². The molecule has 5 heteroatoms. The van der Waals surface area contributed by atoms with E-state index in [0.717, 1.165) is 40.2 Å². The highest BCUT2D eigenvalue weighted by atomic mass is 79.9. The Labute approximate surface area is 131 Å². The number of nitrogens with one attached hydrogen (secondary N) is 1. The van der Waals surface area contributed by atoms with Crippen LogP contribution in [0.3, 0.4) is 0 Å². The fourth-order valence-corrected chi connectivity index (χ4v) is 3.63. The van der Waals surface area contributed by atoms with E-state index in [2.05, 4.69) is 20.9 Å². The predicted octanol–water partition coefficient (Wildman–Crippen LogP) is 3.58. The number of ether oxygens (including phenoxy) is 2. The maximum Gasteiger partial charge on any atom is 0.310 e. The first-order chi connectivity index (χ1) is 10.2. The Morgan fingerprint density at radius 1 is 1.38 bits per heavy atom. The SMILES string of the molecule is CO[C@@H]1CCC[C@H]1OC(=O)Cc1c[nH]c2cccc(Br)c12. The molecule has 0 saturated heterocycles. The number of methoxy groups -OCH3 is 1. The van der Waals surface area contributed by atoms with Crippen molar-refractivity contribution in [1.29, 1.82) is 0 Å². The minimum absolute atomic E-state index is 0.0451. The number of carbonyl (C=O) groups is 1. The molecule has 0 unspecified atom stereocenters. The van der Waals surface area contributed by atoms with Gasteiger partial charge >= 0.3 is 5.97 Å². The van der Waals surface area contributed by atoms with E-state index in [9.17, 15) is 4.79 Å². The van der Waals surface area contributed by atoms with Gasteiger partial charge in [0.1, 0.15) is 6.10 Å². The summed E-state index contributed by atoms with van der Waals surface area (Å²) in [6.07, 6.45) is 5.00. The van der Waals surface area contributed by atoms with Crippen LogP contribution in [0, 0.1) is 0 Å². The lowest BCUT2D eigenvalue weighted by Gasteiger charge is -2.18. The van der Waals surface area contributed by atoms with Crippen LogP contribution in [0.25, 0.3) is 10.9 Å². The van der Waals surface area contributed by atoms with Crippen LogP contribution in [0.2, 0.25) is 0 Å². The van der Waals surface area contributed by atoms with Crippen LogP contribution in [0.4, 0.5) is 0 Å². The van der Waals surface area contributed by atoms with Gasteiger partial charge in [-0.2, -0.15) is 0 Å². The normalized spacial score (nSPS) is 21.8. The summed E-state index contributed by atoms with van der Waals surface area (Å²) >= 11 is 3.53. The predicted molar refractivity (Wildman–Crippen MR) is 84.2 cm³/mol. The number of H-pyrrole nitrogens is 1. The van der Waals surface area contributed by atoms with Crippen molar-refractivity contribution in [2.45, 2.75) is 37.9 Å². The number of benzene rings is 1. The highest BCUT2D eigenvalue weighted by Gasteiger charge is 2.30. The average Bonchev–Trinajstić information content (AvgIpc) is 3.06. The molecule has 1 saturated carbocycles. The Balaban J connectivity index is 1.72. The second-order valence-electron chi connectivity index (χ2n) is 5.39. The molecule has 3 rings (SSSR count). The topological polar surface area (TPSA) is 51.3 Å². The minimum atomic E-state index is -0.194. The third-order valence-electron chi connectivity index (χ3n) is 4.05. The fourth-order valence-electron chi connectivity index (χ4n) is 3.01. The van der Waals surface area contributed by atoms with Gasteiger partial charge in [0.05, 0.1) is 12.5 Å². The molecule has 0 aliphatic heterocycles. The molecule has 112 valence electrons. The third-order valence-corrected chi connectivity index (χ3v) is 4.71. The van der Waals surface area contributed by atoms with E-state index < -0.39 is 0 Å². The van der Waals surface area contributed by atoms with Crippen LogP contribution in [-0.4, -0.2) is 30.3 Å². The Hall–Kier alpha value is -1.33. The molecule has 1 aromatic heterocycles. The summed E-state index contributed by atoms with van der Waals surface area (Å²) in [6, 6.07) is 5.93. The van der Waals surface area contributed by atoms with Crippen molar-refractivity contribution in [3.05, 3.63) is 34.4 Å². The number of fused-ring (bicyclic) bond motifs is 1. The Bertz CT molecular complexity index is 652. The molecule has 1 aliphatic carbocycles. The van der Waals surface area contributed by atoms with Gasteiger partial charge < -0.3 is 14.5 Å². The summed E-state index contributed by atoms with van der Waals surface area (Å²) in [5, 5.41) is 1.05. The zero-order valence-electron chi connectivity index (χ0n) is 11.9. The lowest BCUT2D eigenvalue weighted by Crippen LogP contribution is -2.28. The van der Waals surface area contributed by atoms with Gasteiger partial charge in [0.15, 0.2) is 0 Å². The second kappa shape index (κ2) is 6.20.